The van der Waals surface area contributed by atoms with E-state index in [4.69, 9.17) is 26.9 Å². The van der Waals surface area contributed by atoms with Crippen molar-refractivity contribution in [2.45, 2.75) is 46.0 Å². The van der Waals surface area contributed by atoms with Crippen LogP contribution >= 0.6 is 12.2 Å². The van der Waals surface area contributed by atoms with Crippen LogP contribution in [0.1, 0.15) is 46.0 Å². The first-order chi connectivity index (χ1) is 14.0. The molecule has 0 radical (unpaired) electrons. The SMILES string of the molecule is COCCCNC(=S)Nc1nc(N2CCC(C)CC2)cc(N2CCC[C@@H](C)C2)n1. The monoisotopic (exact) mass is 420 g/mol. The van der Waals surface area contributed by atoms with E-state index in [9.17, 15) is 0 Å². The molecule has 0 aliphatic carbocycles. The van der Waals surface area contributed by atoms with Gasteiger partial charge in [-0.05, 0) is 56.2 Å². The minimum absolute atomic E-state index is 0.559. The summed E-state index contributed by atoms with van der Waals surface area (Å²) in [5, 5.41) is 6.97. The molecule has 2 N–H and O–H groups in total. The van der Waals surface area contributed by atoms with Gasteiger partial charge in [0.15, 0.2) is 5.11 Å². The smallest absolute Gasteiger partial charge is 0.232 e. The topological polar surface area (TPSA) is 65.6 Å². The number of hydrogen-bond donors (Lipinski definition) is 2. The van der Waals surface area contributed by atoms with E-state index in [1.54, 1.807) is 7.11 Å². The number of anilines is 3. The first-order valence-electron chi connectivity index (χ1n) is 11.0. The van der Waals surface area contributed by atoms with Crippen LogP contribution in [0.4, 0.5) is 17.6 Å². The quantitative estimate of drug-likeness (QED) is 0.515. The number of ether oxygens (including phenoxy) is 1. The fourth-order valence-electron chi connectivity index (χ4n) is 4.00. The molecule has 29 heavy (non-hydrogen) atoms. The summed E-state index contributed by atoms with van der Waals surface area (Å²) in [7, 11) is 1.71. The molecule has 2 fully saturated rings. The Morgan fingerprint density at radius 1 is 1.10 bits per heavy atom. The van der Waals surface area contributed by atoms with Crippen molar-refractivity contribution in [3.05, 3.63) is 6.07 Å². The first-order valence-corrected chi connectivity index (χ1v) is 11.4. The highest BCUT2D eigenvalue weighted by atomic mass is 32.1. The van der Waals surface area contributed by atoms with Crippen LogP contribution < -0.4 is 20.4 Å². The maximum absolute atomic E-state index is 5.45. The Kier molecular flexibility index (Phi) is 8.29. The molecule has 2 saturated heterocycles. The van der Waals surface area contributed by atoms with Crippen LogP contribution in [0.2, 0.25) is 0 Å². The van der Waals surface area contributed by atoms with Gasteiger partial charge in [-0.1, -0.05) is 13.8 Å². The predicted octanol–water partition coefficient (Wildman–Crippen LogP) is 3.27. The zero-order valence-electron chi connectivity index (χ0n) is 18.1. The van der Waals surface area contributed by atoms with E-state index in [0.717, 1.165) is 56.7 Å². The van der Waals surface area contributed by atoms with E-state index in [2.05, 4.69) is 40.3 Å². The zero-order chi connectivity index (χ0) is 20.6. The lowest BCUT2D eigenvalue weighted by molar-refractivity contribution is 0.196. The van der Waals surface area contributed by atoms with Crippen molar-refractivity contribution >= 4 is 34.9 Å². The van der Waals surface area contributed by atoms with Crippen molar-refractivity contribution < 1.29 is 4.74 Å². The van der Waals surface area contributed by atoms with Crippen LogP contribution in [0.3, 0.4) is 0 Å². The molecule has 7 nitrogen and oxygen atoms in total. The molecule has 2 aliphatic heterocycles. The minimum atomic E-state index is 0.559. The third kappa shape index (κ3) is 6.67. The van der Waals surface area contributed by atoms with Gasteiger partial charge in [-0.3, -0.25) is 0 Å². The molecule has 0 bridgehead atoms. The van der Waals surface area contributed by atoms with E-state index < -0.39 is 0 Å². The Morgan fingerprint density at radius 2 is 1.83 bits per heavy atom. The van der Waals surface area contributed by atoms with E-state index in [0.29, 0.717) is 23.6 Å². The molecule has 1 atom stereocenters. The molecule has 162 valence electrons. The van der Waals surface area contributed by atoms with Gasteiger partial charge in [0, 0.05) is 52.5 Å². The van der Waals surface area contributed by atoms with E-state index in [1.165, 1.54) is 25.7 Å². The van der Waals surface area contributed by atoms with Crippen LogP contribution in [0.15, 0.2) is 6.07 Å². The van der Waals surface area contributed by atoms with Gasteiger partial charge in [-0.25, -0.2) is 0 Å². The van der Waals surface area contributed by atoms with Gasteiger partial charge < -0.3 is 25.2 Å². The number of piperidine rings is 2. The second-order valence-corrected chi connectivity index (χ2v) is 8.91. The lowest BCUT2D eigenvalue weighted by Gasteiger charge is -2.34. The van der Waals surface area contributed by atoms with Gasteiger partial charge in [-0.2, -0.15) is 9.97 Å². The minimum Gasteiger partial charge on any atom is -0.385 e. The second-order valence-electron chi connectivity index (χ2n) is 8.50. The van der Waals surface area contributed by atoms with E-state index in [-0.39, 0.29) is 0 Å². The maximum atomic E-state index is 5.45. The Balaban J connectivity index is 1.74. The molecule has 1 aromatic heterocycles. The van der Waals surface area contributed by atoms with Gasteiger partial charge in [0.25, 0.3) is 0 Å². The number of nitrogens with one attached hydrogen (secondary N) is 2. The van der Waals surface area contributed by atoms with Gasteiger partial charge in [0.2, 0.25) is 5.95 Å². The van der Waals surface area contributed by atoms with Crippen molar-refractivity contribution in [2.75, 3.05) is 61.6 Å². The fourth-order valence-corrected chi connectivity index (χ4v) is 4.19. The molecule has 0 spiro atoms. The van der Waals surface area contributed by atoms with Gasteiger partial charge >= 0.3 is 0 Å². The van der Waals surface area contributed by atoms with Crippen molar-refractivity contribution in [2.24, 2.45) is 11.8 Å². The summed E-state index contributed by atoms with van der Waals surface area (Å²) >= 11 is 5.45. The summed E-state index contributed by atoms with van der Waals surface area (Å²) in [6, 6.07) is 2.16. The summed E-state index contributed by atoms with van der Waals surface area (Å²) in [5.41, 5.74) is 0. The average molecular weight is 421 g/mol. The van der Waals surface area contributed by atoms with E-state index >= 15 is 0 Å². The molecule has 0 amide bonds. The maximum Gasteiger partial charge on any atom is 0.232 e. The Labute approximate surface area is 180 Å². The molecular weight excluding hydrogens is 384 g/mol. The lowest BCUT2D eigenvalue weighted by Crippen LogP contribution is -2.37. The molecular formula is C21H36N6OS. The molecule has 3 heterocycles. The van der Waals surface area contributed by atoms with Gasteiger partial charge in [0.1, 0.15) is 11.6 Å². The number of methoxy groups -OCH3 is 1. The Bertz CT molecular complexity index is 665. The predicted molar refractivity (Wildman–Crippen MR) is 124 cm³/mol. The number of thiocarbonyl (C=S) groups is 1. The van der Waals surface area contributed by atoms with Crippen molar-refractivity contribution in [1.82, 2.24) is 15.3 Å². The summed E-state index contributed by atoms with van der Waals surface area (Å²) in [6.07, 6.45) is 5.83. The summed E-state index contributed by atoms with van der Waals surface area (Å²) in [6.45, 7) is 10.3. The van der Waals surface area contributed by atoms with Crippen LogP contribution in [0, 0.1) is 11.8 Å². The third-order valence-corrected chi connectivity index (χ3v) is 6.07. The molecule has 8 heteroatoms. The standard InChI is InChI=1S/C21H36N6OS/c1-16-7-11-26(12-8-16)18-14-19(27-10-4-6-17(2)15-27)24-20(23-18)25-21(29)22-9-5-13-28-3/h14,16-17H,4-13,15H2,1-3H3,(H2,22,23,24,25,29)/t17-/m1/s1. The number of nitrogens with zero attached hydrogens (tertiary/aromatic N) is 4. The fraction of sp³-hybridized carbons (Fsp3) is 0.762. The van der Waals surface area contributed by atoms with Crippen LogP contribution in [-0.4, -0.2) is 61.5 Å². The molecule has 0 aromatic carbocycles. The zero-order valence-corrected chi connectivity index (χ0v) is 18.9. The molecule has 1 aromatic rings. The summed E-state index contributed by atoms with van der Waals surface area (Å²) in [5.74, 6) is 4.07. The number of hydrogen-bond acceptors (Lipinski definition) is 6. The lowest BCUT2D eigenvalue weighted by atomic mass is 9.99. The second kappa shape index (κ2) is 10.9. The highest BCUT2D eigenvalue weighted by Crippen LogP contribution is 2.28. The highest BCUT2D eigenvalue weighted by molar-refractivity contribution is 7.80. The number of aromatic nitrogens is 2. The molecule has 0 saturated carbocycles. The van der Waals surface area contributed by atoms with Crippen LogP contribution in [0.25, 0.3) is 0 Å². The number of rotatable bonds is 7. The van der Waals surface area contributed by atoms with Gasteiger partial charge in [0.05, 0.1) is 0 Å². The summed E-state index contributed by atoms with van der Waals surface area (Å²) < 4.78 is 5.08. The molecule has 0 unspecified atom stereocenters. The molecule has 2 aliphatic rings. The van der Waals surface area contributed by atoms with Crippen LogP contribution in [-0.2, 0) is 4.74 Å². The average Bonchev–Trinajstić information content (AvgIpc) is 2.71. The Morgan fingerprint density at radius 3 is 2.52 bits per heavy atom. The van der Waals surface area contributed by atoms with Gasteiger partial charge in [-0.15, -0.1) is 0 Å². The van der Waals surface area contributed by atoms with Crippen LogP contribution in [0.5, 0.6) is 0 Å². The van der Waals surface area contributed by atoms with E-state index in [1.807, 2.05) is 0 Å². The summed E-state index contributed by atoms with van der Waals surface area (Å²) in [4.78, 5) is 14.4. The molecule has 3 rings (SSSR count). The largest absolute Gasteiger partial charge is 0.385 e. The van der Waals surface area contributed by atoms with Crippen molar-refractivity contribution in [3.8, 4) is 0 Å². The van der Waals surface area contributed by atoms with Crippen molar-refractivity contribution in [3.63, 3.8) is 0 Å². The van der Waals surface area contributed by atoms with Crippen molar-refractivity contribution in [1.29, 1.82) is 0 Å². The third-order valence-electron chi connectivity index (χ3n) is 5.82. The Hall–Kier alpha value is -1.67. The highest BCUT2D eigenvalue weighted by Gasteiger charge is 2.22. The first kappa shape index (κ1) is 22.0. The normalized spacial score (nSPS) is 20.6.